The summed E-state index contributed by atoms with van der Waals surface area (Å²) in [5.74, 6) is 0.127. The van der Waals surface area contributed by atoms with Gasteiger partial charge in [-0.05, 0) is 36.8 Å². The van der Waals surface area contributed by atoms with Crippen molar-refractivity contribution < 1.29 is 9.52 Å². The Morgan fingerprint density at radius 3 is 2.90 bits per heavy atom. The second-order valence-corrected chi connectivity index (χ2v) is 8.69. The number of phenols is 1. The fourth-order valence-corrected chi connectivity index (χ4v) is 4.43. The highest BCUT2D eigenvalue weighted by molar-refractivity contribution is 9.10. The third kappa shape index (κ3) is 4.70. The van der Waals surface area contributed by atoms with Gasteiger partial charge in [-0.2, -0.15) is 5.10 Å². The molecule has 0 fully saturated rings. The lowest BCUT2D eigenvalue weighted by Gasteiger charge is -2.08. The van der Waals surface area contributed by atoms with Gasteiger partial charge in [-0.3, -0.25) is 0 Å². The van der Waals surface area contributed by atoms with Crippen molar-refractivity contribution >= 4 is 44.5 Å². The third-order valence-corrected chi connectivity index (χ3v) is 6.13. The second-order valence-electron chi connectivity index (χ2n) is 6.94. The van der Waals surface area contributed by atoms with Crippen LogP contribution >= 0.6 is 27.3 Å². The van der Waals surface area contributed by atoms with E-state index < -0.39 is 0 Å². The molecule has 0 aliphatic carbocycles. The first kappa shape index (κ1) is 21.3. The third-order valence-electron chi connectivity index (χ3n) is 4.78. The molecule has 4 rings (SSSR count). The summed E-state index contributed by atoms with van der Waals surface area (Å²) in [6.45, 7) is 2.82. The number of hydrogen-bond donors (Lipinski definition) is 1. The molecule has 8 heteroatoms. The van der Waals surface area contributed by atoms with Gasteiger partial charge in [-0.25, -0.2) is 4.79 Å². The summed E-state index contributed by atoms with van der Waals surface area (Å²) in [6.07, 6.45) is 3.45. The van der Waals surface area contributed by atoms with E-state index in [0.29, 0.717) is 28.1 Å². The zero-order valence-corrected chi connectivity index (χ0v) is 19.2. The van der Waals surface area contributed by atoms with Gasteiger partial charge in [0.15, 0.2) is 0 Å². The standard InChI is InChI=1S/C23H20BrN3O3S/c1-2-3-10-27-19(18-12-15-6-4-5-7-21(15)30-22(18)29)14-31-23(27)26-25-13-16-11-17(24)8-9-20(16)28/h4-9,11-14,28H,2-3,10H2,1H3/b25-13+,26-23+. The molecule has 2 aromatic carbocycles. The van der Waals surface area contributed by atoms with Crippen LogP contribution in [0.25, 0.3) is 22.2 Å². The van der Waals surface area contributed by atoms with Crippen LogP contribution in [0.3, 0.4) is 0 Å². The summed E-state index contributed by atoms with van der Waals surface area (Å²) in [6, 6.07) is 14.4. The molecule has 0 amide bonds. The lowest BCUT2D eigenvalue weighted by molar-refractivity contribution is 0.474. The van der Waals surface area contributed by atoms with E-state index in [1.165, 1.54) is 17.6 Å². The van der Waals surface area contributed by atoms with Crippen molar-refractivity contribution in [2.75, 3.05) is 0 Å². The van der Waals surface area contributed by atoms with E-state index in [2.05, 4.69) is 33.1 Å². The van der Waals surface area contributed by atoms with Crippen molar-refractivity contribution in [2.24, 2.45) is 10.2 Å². The molecule has 0 radical (unpaired) electrons. The normalized spacial score (nSPS) is 12.3. The minimum atomic E-state index is -0.379. The van der Waals surface area contributed by atoms with E-state index in [4.69, 9.17) is 4.42 Å². The van der Waals surface area contributed by atoms with Gasteiger partial charge in [0, 0.05) is 27.3 Å². The number of unbranched alkanes of at least 4 members (excludes halogenated alkanes) is 1. The molecule has 1 N–H and O–H groups in total. The number of phenolic OH excluding ortho intramolecular Hbond substituents is 1. The molecule has 6 nitrogen and oxygen atoms in total. The van der Waals surface area contributed by atoms with Crippen molar-refractivity contribution in [3.63, 3.8) is 0 Å². The number of halogens is 1. The molecule has 0 saturated carbocycles. The topological polar surface area (TPSA) is 80.1 Å². The Morgan fingerprint density at radius 1 is 1.23 bits per heavy atom. The quantitative estimate of drug-likeness (QED) is 0.216. The van der Waals surface area contributed by atoms with Crippen molar-refractivity contribution in [1.82, 2.24) is 4.57 Å². The predicted octanol–water partition coefficient (Wildman–Crippen LogP) is 5.53. The number of thiazole rings is 1. The van der Waals surface area contributed by atoms with Gasteiger partial charge in [0.2, 0.25) is 4.80 Å². The monoisotopic (exact) mass is 497 g/mol. The minimum absolute atomic E-state index is 0.127. The van der Waals surface area contributed by atoms with Gasteiger partial charge in [0.1, 0.15) is 11.3 Å². The first-order chi connectivity index (χ1) is 15.1. The highest BCUT2D eigenvalue weighted by Gasteiger charge is 2.14. The van der Waals surface area contributed by atoms with Gasteiger partial charge >= 0.3 is 5.63 Å². The number of fused-ring (bicyclic) bond motifs is 1. The van der Waals surface area contributed by atoms with E-state index in [0.717, 1.165) is 28.4 Å². The Bertz CT molecular complexity index is 1380. The lowest BCUT2D eigenvalue weighted by atomic mass is 10.1. The predicted molar refractivity (Wildman–Crippen MR) is 128 cm³/mol. The molecule has 4 aromatic rings. The van der Waals surface area contributed by atoms with Crippen LogP contribution in [0, 0.1) is 0 Å². The van der Waals surface area contributed by atoms with Crippen molar-refractivity contribution in [3.8, 4) is 17.0 Å². The van der Waals surface area contributed by atoms with Gasteiger partial charge in [0.05, 0.1) is 17.5 Å². The van der Waals surface area contributed by atoms with Crippen molar-refractivity contribution in [2.45, 2.75) is 26.3 Å². The van der Waals surface area contributed by atoms with Crippen LogP contribution in [-0.4, -0.2) is 15.9 Å². The Balaban J connectivity index is 1.78. The molecule has 0 saturated heterocycles. The summed E-state index contributed by atoms with van der Waals surface area (Å²) in [4.78, 5) is 13.3. The second kappa shape index (κ2) is 9.45. The highest BCUT2D eigenvalue weighted by atomic mass is 79.9. The molecule has 0 atom stereocenters. The molecule has 158 valence electrons. The Kier molecular flexibility index (Phi) is 6.48. The maximum Gasteiger partial charge on any atom is 0.345 e. The maximum atomic E-state index is 12.7. The number of rotatable bonds is 6. The maximum absolute atomic E-state index is 12.7. The average Bonchev–Trinajstić information content (AvgIpc) is 3.16. The molecular formula is C23H20BrN3O3S. The summed E-state index contributed by atoms with van der Waals surface area (Å²) in [5.41, 5.74) is 2.01. The fourth-order valence-electron chi connectivity index (χ4n) is 3.17. The van der Waals surface area contributed by atoms with Crippen molar-refractivity contribution in [1.29, 1.82) is 0 Å². The SMILES string of the molecule is CCCCn1c(-c2cc3ccccc3oc2=O)cs/c1=N/N=C/c1cc(Br)ccc1O. The summed E-state index contributed by atoms with van der Waals surface area (Å²) in [7, 11) is 0. The number of aromatic nitrogens is 1. The number of nitrogens with zero attached hydrogens (tertiary/aromatic N) is 3. The largest absolute Gasteiger partial charge is 0.507 e. The van der Waals surface area contributed by atoms with E-state index in [9.17, 15) is 9.90 Å². The minimum Gasteiger partial charge on any atom is -0.507 e. The Labute approximate surface area is 191 Å². The summed E-state index contributed by atoms with van der Waals surface area (Å²) >= 11 is 4.79. The van der Waals surface area contributed by atoms with Crippen LogP contribution < -0.4 is 10.4 Å². The van der Waals surface area contributed by atoms with Gasteiger partial charge < -0.3 is 14.1 Å². The summed E-state index contributed by atoms with van der Waals surface area (Å²) in [5, 5.41) is 21.3. The zero-order chi connectivity index (χ0) is 21.8. The molecule has 0 aliphatic heterocycles. The number of para-hydroxylation sites is 1. The molecule has 2 aromatic heterocycles. The van der Waals surface area contributed by atoms with Gasteiger partial charge in [-0.15, -0.1) is 16.4 Å². The average molecular weight is 498 g/mol. The van der Waals surface area contributed by atoms with Crippen LogP contribution in [0.15, 0.2) is 77.8 Å². The summed E-state index contributed by atoms with van der Waals surface area (Å²) < 4.78 is 8.35. The Morgan fingerprint density at radius 2 is 2.06 bits per heavy atom. The van der Waals surface area contributed by atoms with Crippen LogP contribution in [-0.2, 0) is 6.54 Å². The first-order valence-electron chi connectivity index (χ1n) is 9.84. The van der Waals surface area contributed by atoms with Gasteiger partial charge in [0.25, 0.3) is 0 Å². The molecule has 31 heavy (non-hydrogen) atoms. The Hall–Kier alpha value is -2.97. The molecular weight excluding hydrogens is 478 g/mol. The number of hydrogen-bond acceptors (Lipinski definition) is 6. The zero-order valence-electron chi connectivity index (χ0n) is 16.8. The highest BCUT2D eigenvalue weighted by Crippen LogP contribution is 2.22. The van der Waals surface area contributed by atoms with E-state index in [-0.39, 0.29) is 11.4 Å². The molecule has 0 aliphatic rings. The molecule has 2 heterocycles. The van der Waals surface area contributed by atoms with Crippen molar-refractivity contribution in [3.05, 3.63) is 79.2 Å². The molecule has 0 spiro atoms. The lowest BCUT2D eigenvalue weighted by Crippen LogP contribution is -2.17. The number of benzene rings is 2. The fraction of sp³-hybridized carbons (Fsp3) is 0.174. The van der Waals surface area contributed by atoms with Crippen LogP contribution in [0.1, 0.15) is 25.3 Å². The van der Waals surface area contributed by atoms with Gasteiger partial charge in [-0.1, -0.05) is 47.5 Å². The number of aromatic hydroxyl groups is 1. The molecule has 0 bridgehead atoms. The van der Waals surface area contributed by atoms with Crippen LogP contribution in [0.2, 0.25) is 0 Å². The van der Waals surface area contributed by atoms with E-state index in [1.807, 2.05) is 34.2 Å². The smallest absolute Gasteiger partial charge is 0.345 e. The van der Waals surface area contributed by atoms with Crippen LogP contribution in [0.4, 0.5) is 0 Å². The van der Waals surface area contributed by atoms with E-state index in [1.54, 1.807) is 24.3 Å². The van der Waals surface area contributed by atoms with Crippen LogP contribution in [0.5, 0.6) is 5.75 Å². The first-order valence-corrected chi connectivity index (χ1v) is 11.5. The van der Waals surface area contributed by atoms with E-state index >= 15 is 0 Å². The molecule has 0 unspecified atom stereocenters.